The van der Waals surface area contributed by atoms with E-state index >= 15 is 0 Å². The number of methoxy groups -OCH3 is 1. The average molecular weight is 695 g/mol. The molecule has 1 saturated heterocycles. The fraction of sp³-hybridized carbons (Fsp3) is 0.241. The van der Waals surface area contributed by atoms with E-state index in [2.05, 4.69) is 19.5 Å². The number of ether oxygens (including phenoxy) is 1. The van der Waals surface area contributed by atoms with Gasteiger partial charge in [-0.3, -0.25) is 4.99 Å². The third-order valence-corrected chi connectivity index (χ3v) is 10.3. The van der Waals surface area contributed by atoms with E-state index in [9.17, 15) is 30.8 Å². The quantitative estimate of drug-likeness (QED) is 0.185. The van der Waals surface area contributed by atoms with Crippen molar-refractivity contribution in [2.24, 2.45) is 4.99 Å². The number of nitrogens with one attached hydrogen (secondary N) is 1. The van der Waals surface area contributed by atoms with Crippen LogP contribution in [0.4, 0.5) is 17.6 Å². The number of carbonyl (C=O) groups is 1. The minimum Gasteiger partial charge on any atom is -0.465 e. The molecule has 1 N–H and O–H groups in total. The number of thiazole rings is 1. The molecule has 0 saturated carbocycles. The number of sulfonamides is 1. The molecule has 10 nitrogen and oxygen atoms in total. The summed E-state index contributed by atoms with van der Waals surface area (Å²) in [6, 6.07) is 5.22. The Morgan fingerprint density at radius 2 is 1.98 bits per heavy atom. The van der Waals surface area contributed by atoms with Crippen LogP contribution in [0.2, 0.25) is 5.02 Å². The summed E-state index contributed by atoms with van der Waals surface area (Å²) in [7, 11) is -3.30. The van der Waals surface area contributed by atoms with E-state index in [1.807, 2.05) is 0 Å². The smallest absolute Gasteiger partial charge is 0.340 e. The summed E-state index contributed by atoms with van der Waals surface area (Å²) in [6.07, 6.45) is 2.71. The van der Waals surface area contributed by atoms with Crippen LogP contribution in [-0.2, 0) is 14.8 Å². The monoisotopic (exact) mass is 694 g/mol. The number of hydrogen-bond acceptors (Lipinski definition) is 9. The molecule has 2 aliphatic heterocycles. The Bertz CT molecular complexity index is 2020. The van der Waals surface area contributed by atoms with Crippen molar-refractivity contribution in [2.75, 3.05) is 13.7 Å². The number of rotatable bonds is 8. The first-order chi connectivity index (χ1) is 21.9. The van der Waals surface area contributed by atoms with E-state index in [4.69, 9.17) is 16.6 Å². The summed E-state index contributed by atoms with van der Waals surface area (Å²) < 4.78 is 90.8. The number of carbonyl (C=O) groups excluding carboxylic acids is 1. The van der Waals surface area contributed by atoms with Crippen molar-refractivity contribution in [1.29, 1.82) is 0 Å². The maximum atomic E-state index is 14.5. The van der Waals surface area contributed by atoms with Crippen LogP contribution in [0, 0.1) is 18.6 Å². The predicted molar refractivity (Wildman–Crippen MR) is 161 cm³/mol. The summed E-state index contributed by atoms with van der Waals surface area (Å²) in [5.74, 6) is -2.21. The van der Waals surface area contributed by atoms with Gasteiger partial charge in [0.2, 0.25) is 10.0 Å². The van der Waals surface area contributed by atoms with Gasteiger partial charge in [0.15, 0.2) is 10.8 Å². The van der Waals surface area contributed by atoms with Gasteiger partial charge in [-0.05, 0) is 42.8 Å². The fourth-order valence-corrected chi connectivity index (χ4v) is 7.92. The number of benzene rings is 2. The summed E-state index contributed by atoms with van der Waals surface area (Å²) in [4.78, 5) is 22.8. The lowest BCUT2D eigenvalue weighted by Crippen LogP contribution is -2.39. The number of hydrogen-bond donors (Lipinski definition) is 1. The van der Waals surface area contributed by atoms with Gasteiger partial charge in [-0.2, -0.15) is 13.9 Å². The zero-order valence-electron chi connectivity index (χ0n) is 23.9. The molecule has 46 heavy (non-hydrogen) atoms. The maximum absolute atomic E-state index is 14.5. The van der Waals surface area contributed by atoms with E-state index < -0.39 is 51.8 Å². The molecule has 240 valence electrons. The average Bonchev–Trinajstić information content (AvgIpc) is 3.77. The van der Waals surface area contributed by atoms with Crippen LogP contribution >= 0.6 is 22.9 Å². The van der Waals surface area contributed by atoms with Gasteiger partial charge >= 0.3 is 12.5 Å². The molecule has 0 bridgehead atoms. The van der Waals surface area contributed by atoms with E-state index in [1.54, 1.807) is 16.5 Å². The second-order valence-electron chi connectivity index (χ2n) is 10.4. The van der Waals surface area contributed by atoms with Gasteiger partial charge in [-0.25, -0.2) is 36.4 Å². The molecule has 17 heteroatoms. The highest BCUT2D eigenvalue weighted by Gasteiger charge is 2.42. The van der Waals surface area contributed by atoms with E-state index in [1.165, 1.54) is 36.5 Å². The SMILES string of the molecule is COC(=O)c1cc(S(=O)(=O)N[C@H]2CC3=C(c4ccn(C(F)F)n4)[C@H](c4ccc(F)cc4Cl)N=C(c4nccs4)N3C2)c(C)cc1F. The summed E-state index contributed by atoms with van der Waals surface area (Å²) in [5, 5.41) is 6.32. The summed E-state index contributed by atoms with van der Waals surface area (Å²) in [5.41, 5.74) is 0.876. The van der Waals surface area contributed by atoms with Gasteiger partial charge in [0.05, 0.1) is 23.3 Å². The molecule has 0 aliphatic carbocycles. The number of esters is 1. The number of fused-ring (bicyclic) bond motifs is 1. The number of nitrogens with zero attached hydrogens (tertiary/aromatic N) is 5. The highest BCUT2D eigenvalue weighted by Crippen LogP contribution is 2.46. The number of aliphatic imine (C=N–C) groups is 1. The van der Waals surface area contributed by atoms with Crippen molar-refractivity contribution in [1.82, 2.24) is 24.4 Å². The number of amidine groups is 1. The van der Waals surface area contributed by atoms with Gasteiger partial charge in [-0.15, -0.1) is 11.3 Å². The Labute approximate surface area is 269 Å². The van der Waals surface area contributed by atoms with E-state index in [-0.39, 0.29) is 34.1 Å². The van der Waals surface area contributed by atoms with Gasteiger partial charge < -0.3 is 9.64 Å². The Balaban J connectivity index is 1.47. The Morgan fingerprint density at radius 1 is 1.20 bits per heavy atom. The first-order valence-corrected chi connectivity index (χ1v) is 16.3. The molecule has 1 fully saturated rings. The number of aromatic nitrogens is 3. The third kappa shape index (κ3) is 5.81. The van der Waals surface area contributed by atoms with Crippen molar-refractivity contribution in [3.8, 4) is 0 Å². The van der Waals surface area contributed by atoms with Crippen LogP contribution < -0.4 is 4.72 Å². The number of halogens is 5. The first kappa shape index (κ1) is 31.8. The van der Waals surface area contributed by atoms with Crippen molar-refractivity contribution < 1.29 is 35.5 Å². The molecule has 0 amide bonds. The van der Waals surface area contributed by atoms with Crippen LogP contribution in [0.25, 0.3) is 5.57 Å². The zero-order valence-corrected chi connectivity index (χ0v) is 26.3. The van der Waals surface area contributed by atoms with Crippen LogP contribution in [0.1, 0.15) is 51.2 Å². The first-order valence-electron chi connectivity index (χ1n) is 13.6. The molecule has 6 rings (SSSR count). The highest BCUT2D eigenvalue weighted by atomic mass is 35.5. The molecule has 2 aromatic carbocycles. The van der Waals surface area contributed by atoms with Gasteiger partial charge in [-0.1, -0.05) is 17.7 Å². The Kier molecular flexibility index (Phi) is 8.47. The molecule has 0 spiro atoms. The second-order valence-corrected chi connectivity index (χ2v) is 13.4. The van der Waals surface area contributed by atoms with Gasteiger partial charge in [0.1, 0.15) is 17.7 Å². The standard InChI is InChI=1S/C29H23ClF4N6O4S2/c1-14-9-20(32)18(28(41)44-2)12-23(14)46(42,43)38-16-11-22-24(21-5-7-40(37-21)29(33)34)25(17-4-3-15(31)10-19(17)30)36-26(39(22)13-16)27-35-6-8-45-27/h3-10,12,16,25,29,38H,11,13H2,1-2H3/t16-,25-/m0/s1. The molecule has 0 radical (unpaired) electrons. The van der Waals surface area contributed by atoms with Gasteiger partial charge in [0, 0.05) is 58.6 Å². The molecule has 2 atom stereocenters. The van der Waals surface area contributed by atoms with E-state index in [0.29, 0.717) is 32.4 Å². The lowest BCUT2D eigenvalue weighted by molar-refractivity contribution is 0.0563. The van der Waals surface area contributed by atoms with E-state index in [0.717, 1.165) is 31.5 Å². The molecule has 4 aromatic rings. The molecule has 2 aliphatic rings. The normalized spacial score (nSPS) is 18.3. The minimum absolute atomic E-state index is 0.0375. The summed E-state index contributed by atoms with van der Waals surface area (Å²) in [6.45, 7) is -1.50. The lowest BCUT2D eigenvalue weighted by atomic mass is 9.92. The van der Waals surface area contributed by atoms with Crippen LogP contribution in [-0.4, -0.2) is 59.6 Å². The fourth-order valence-electron chi connectivity index (χ4n) is 5.52. The molecule has 2 aromatic heterocycles. The minimum atomic E-state index is -4.34. The molecular formula is C29H23ClF4N6O4S2. The van der Waals surface area contributed by atoms with Crippen molar-refractivity contribution >= 4 is 50.3 Å². The van der Waals surface area contributed by atoms with Crippen molar-refractivity contribution in [3.63, 3.8) is 0 Å². The molecule has 0 unspecified atom stereocenters. The topological polar surface area (TPSA) is 119 Å². The van der Waals surface area contributed by atoms with Crippen LogP contribution in [0.15, 0.2) is 69.8 Å². The van der Waals surface area contributed by atoms with Crippen molar-refractivity contribution in [2.45, 2.75) is 36.9 Å². The highest BCUT2D eigenvalue weighted by molar-refractivity contribution is 7.89. The second kappa shape index (κ2) is 12.2. The maximum Gasteiger partial charge on any atom is 0.340 e. The molecule has 4 heterocycles. The Hall–Kier alpha value is -4.12. The zero-order chi connectivity index (χ0) is 32.9. The third-order valence-electron chi connectivity index (χ3n) is 7.51. The van der Waals surface area contributed by atoms with Gasteiger partial charge in [0.25, 0.3) is 0 Å². The largest absolute Gasteiger partial charge is 0.465 e. The van der Waals surface area contributed by atoms with Crippen molar-refractivity contribution in [3.05, 3.63) is 104 Å². The lowest BCUT2D eigenvalue weighted by Gasteiger charge is -2.32. The van der Waals surface area contributed by atoms with Crippen LogP contribution in [0.3, 0.4) is 0 Å². The number of alkyl halides is 2. The molecular weight excluding hydrogens is 672 g/mol. The number of aryl methyl sites for hydroxylation is 1. The Morgan fingerprint density at radius 3 is 2.63 bits per heavy atom. The summed E-state index contributed by atoms with van der Waals surface area (Å²) >= 11 is 7.76. The predicted octanol–water partition coefficient (Wildman–Crippen LogP) is 5.73. The van der Waals surface area contributed by atoms with Crippen LogP contribution in [0.5, 0.6) is 0 Å².